The molecule has 22 heavy (non-hydrogen) atoms. The van der Waals surface area contributed by atoms with Crippen molar-refractivity contribution in [1.82, 2.24) is 0 Å². The summed E-state index contributed by atoms with van der Waals surface area (Å²) in [5, 5.41) is 3.54. The van der Waals surface area contributed by atoms with E-state index in [2.05, 4.69) is 81.4 Å². The maximum Gasteiger partial charge on any atom is 0.261 e. The summed E-state index contributed by atoms with van der Waals surface area (Å²) in [5.74, 6) is 1.25. The SMILES string of the molecule is CC(C)(C)[Si](OCC1CS1)(c1ccccc1)c1ccccc1. The first-order valence-electron chi connectivity index (χ1n) is 7.91. The van der Waals surface area contributed by atoms with Gasteiger partial charge in [0, 0.05) is 17.6 Å². The molecule has 0 amide bonds. The van der Waals surface area contributed by atoms with Crippen molar-refractivity contribution in [2.45, 2.75) is 31.1 Å². The molecule has 1 unspecified atom stereocenters. The van der Waals surface area contributed by atoms with Crippen LogP contribution in [0.2, 0.25) is 5.04 Å². The first-order chi connectivity index (χ1) is 10.5. The summed E-state index contributed by atoms with van der Waals surface area (Å²) in [7, 11) is -2.29. The predicted octanol–water partition coefficient (Wildman–Crippen LogP) is 3.68. The number of rotatable bonds is 5. The van der Waals surface area contributed by atoms with Gasteiger partial charge in [-0.1, -0.05) is 81.4 Å². The Morgan fingerprint density at radius 1 is 0.955 bits per heavy atom. The van der Waals surface area contributed by atoms with E-state index in [9.17, 15) is 0 Å². The average molecular weight is 329 g/mol. The van der Waals surface area contributed by atoms with Crippen molar-refractivity contribution >= 4 is 30.5 Å². The zero-order valence-corrected chi connectivity index (χ0v) is 15.4. The van der Waals surface area contributed by atoms with Gasteiger partial charge in [-0.2, -0.15) is 11.8 Å². The Labute approximate surface area is 139 Å². The molecule has 0 bridgehead atoms. The van der Waals surface area contributed by atoms with Gasteiger partial charge in [0.15, 0.2) is 0 Å². The van der Waals surface area contributed by atoms with Crippen molar-refractivity contribution in [3.05, 3.63) is 60.7 Å². The molecular weight excluding hydrogens is 304 g/mol. The molecule has 0 radical (unpaired) electrons. The second-order valence-electron chi connectivity index (χ2n) is 6.93. The first kappa shape index (κ1) is 15.8. The van der Waals surface area contributed by atoms with E-state index < -0.39 is 8.32 Å². The Hall–Kier alpha value is -1.03. The highest BCUT2D eigenvalue weighted by molar-refractivity contribution is 8.06. The fourth-order valence-corrected chi connectivity index (χ4v) is 8.27. The Morgan fingerprint density at radius 3 is 1.77 bits per heavy atom. The van der Waals surface area contributed by atoms with Crippen molar-refractivity contribution < 1.29 is 4.43 Å². The van der Waals surface area contributed by atoms with Crippen LogP contribution < -0.4 is 10.4 Å². The van der Waals surface area contributed by atoms with Gasteiger partial charge >= 0.3 is 0 Å². The molecule has 3 rings (SSSR count). The predicted molar refractivity (Wildman–Crippen MR) is 99.8 cm³/mol. The molecule has 0 saturated carbocycles. The summed E-state index contributed by atoms with van der Waals surface area (Å²) in [4.78, 5) is 0. The van der Waals surface area contributed by atoms with Gasteiger partial charge in [0.1, 0.15) is 0 Å². The summed E-state index contributed by atoms with van der Waals surface area (Å²) >= 11 is 2.01. The van der Waals surface area contributed by atoms with E-state index in [1.807, 2.05) is 11.8 Å². The molecule has 1 fully saturated rings. The minimum absolute atomic E-state index is 0.0925. The van der Waals surface area contributed by atoms with Crippen LogP contribution in [0.15, 0.2) is 60.7 Å². The van der Waals surface area contributed by atoms with Crippen molar-refractivity contribution in [1.29, 1.82) is 0 Å². The zero-order valence-electron chi connectivity index (χ0n) is 13.6. The fourth-order valence-electron chi connectivity index (χ4n) is 3.14. The highest BCUT2D eigenvalue weighted by atomic mass is 32.2. The summed E-state index contributed by atoms with van der Waals surface area (Å²) in [6.07, 6.45) is 0. The number of thioether (sulfide) groups is 1. The van der Waals surface area contributed by atoms with Crippen LogP contribution in [0.4, 0.5) is 0 Å². The van der Waals surface area contributed by atoms with Crippen LogP contribution in [0.3, 0.4) is 0 Å². The third-order valence-corrected chi connectivity index (χ3v) is 10.3. The second kappa shape index (κ2) is 6.23. The molecular formula is C19H24OSSi. The van der Waals surface area contributed by atoms with E-state index in [0.717, 1.165) is 6.61 Å². The maximum absolute atomic E-state index is 6.81. The fraction of sp³-hybridized carbons (Fsp3) is 0.368. The van der Waals surface area contributed by atoms with Crippen LogP contribution >= 0.6 is 11.8 Å². The molecule has 0 N–H and O–H groups in total. The number of hydrogen-bond acceptors (Lipinski definition) is 2. The first-order valence-corrected chi connectivity index (χ1v) is 10.9. The van der Waals surface area contributed by atoms with Crippen LogP contribution in [-0.4, -0.2) is 25.9 Å². The van der Waals surface area contributed by atoms with Crippen LogP contribution in [-0.2, 0) is 4.43 Å². The van der Waals surface area contributed by atoms with E-state index in [-0.39, 0.29) is 5.04 Å². The molecule has 3 heteroatoms. The van der Waals surface area contributed by atoms with Crippen molar-refractivity contribution in [3.8, 4) is 0 Å². The second-order valence-corrected chi connectivity index (χ2v) is 12.6. The van der Waals surface area contributed by atoms with Crippen molar-refractivity contribution in [2.24, 2.45) is 0 Å². The molecule has 1 atom stereocenters. The molecule has 1 aliphatic heterocycles. The monoisotopic (exact) mass is 328 g/mol. The maximum atomic E-state index is 6.81. The Morgan fingerprint density at radius 2 is 1.41 bits per heavy atom. The van der Waals surface area contributed by atoms with Gasteiger partial charge in [0.2, 0.25) is 0 Å². The standard InChI is InChI=1S/C19H24OSSi/c1-19(2,3)22(20-14-16-15-21-16,17-10-6-4-7-11-17)18-12-8-5-9-13-18/h4-13,16H,14-15H2,1-3H3. The lowest BCUT2D eigenvalue weighted by molar-refractivity contribution is 0.309. The molecule has 2 aromatic carbocycles. The Bertz CT molecular complexity index is 563. The highest BCUT2D eigenvalue weighted by Crippen LogP contribution is 2.39. The minimum atomic E-state index is -2.29. The van der Waals surface area contributed by atoms with E-state index in [1.165, 1.54) is 16.1 Å². The lowest BCUT2D eigenvalue weighted by Crippen LogP contribution is -2.66. The van der Waals surface area contributed by atoms with E-state index >= 15 is 0 Å². The molecule has 0 aromatic heterocycles. The molecule has 1 nitrogen and oxygen atoms in total. The molecule has 1 aliphatic rings. The summed E-state index contributed by atoms with van der Waals surface area (Å²) < 4.78 is 6.81. The largest absolute Gasteiger partial charge is 0.406 e. The van der Waals surface area contributed by atoms with Crippen LogP contribution in [0, 0.1) is 0 Å². The van der Waals surface area contributed by atoms with Gasteiger partial charge in [-0.15, -0.1) is 0 Å². The van der Waals surface area contributed by atoms with Crippen LogP contribution in [0.1, 0.15) is 20.8 Å². The van der Waals surface area contributed by atoms with Gasteiger partial charge in [-0.05, 0) is 15.4 Å². The smallest absolute Gasteiger partial charge is 0.261 e. The normalized spacial score (nSPS) is 18.2. The van der Waals surface area contributed by atoms with Crippen molar-refractivity contribution in [2.75, 3.05) is 12.4 Å². The van der Waals surface area contributed by atoms with E-state index in [0.29, 0.717) is 5.25 Å². The average Bonchev–Trinajstić information content (AvgIpc) is 3.33. The number of hydrogen-bond donors (Lipinski definition) is 0. The zero-order chi connectivity index (χ0) is 15.6. The van der Waals surface area contributed by atoms with Crippen molar-refractivity contribution in [3.63, 3.8) is 0 Å². The molecule has 116 valence electrons. The van der Waals surface area contributed by atoms with Crippen LogP contribution in [0.25, 0.3) is 0 Å². The van der Waals surface area contributed by atoms with Gasteiger partial charge in [0.05, 0.1) is 0 Å². The molecule has 1 saturated heterocycles. The highest BCUT2D eigenvalue weighted by Gasteiger charge is 2.50. The Kier molecular flexibility index (Phi) is 4.48. The summed E-state index contributed by atoms with van der Waals surface area (Å²) in [6, 6.07) is 21.8. The molecule has 0 aliphatic carbocycles. The van der Waals surface area contributed by atoms with E-state index in [1.54, 1.807) is 0 Å². The van der Waals surface area contributed by atoms with Gasteiger partial charge in [-0.25, -0.2) is 0 Å². The van der Waals surface area contributed by atoms with Gasteiger partial charge in [-0.3, -0.25) is 0 Å². The third-order valence-electron chi connectivity index (χ3n) is 4.30. The minimum Gasteiger partial charge on any atom is -0.406 e. The lowest BCUT2D eigenvalue weighted by Gasteiger charge is -2.43. The quantitative estimate of drug-likeness (QED) is 0.612. The summed E-state index contributed by atoms with van der Waals surface area (Å²) in [6.45, 7) is 7.87. The summed E-state index contributed by atoms with van der Waals surface area (Å²) in [5.41, 5.74) is 0. The number of benzene rings is 2. The third kappa shape index (κ3) is 3.03. The van der Waals surface area contributed by atoms with E-state index in [4.69, 9.17) is 4.43 Å². The Balaban J connectivity index is 2.12. The van der Waals surface area contributed by atoms with Gasteiger partial charge < -0.3 is 4.43 Å². The lowest BCUT2D eigenvalue weighted by atomic mass is 10.2. The molecule has 0 spiro atoms. The molecule has 2 aromatic rings. The van der Waals surface area contributed by atoms with Gasteiger partial charge in [0.25, 0.3) is 8.32 Å². The topological polar surface area (TPSA) is 9.23 Å². The molecule has 1 heterocycles. The van der Waals surface area contributed by atoms with Crippen LogP contribution in [0.5, 0.6) is 0 Å².